The number of nitrogens with one attached hydrogen (secondary N) is 1. The lowest BCUT2D eigenvalue weighted by atomic mass is 10.0. The minimum Gasteiger partial charge on any atom is -0.370 e. The van der Waals surface area contributed by atoms with E-state index in [2.05, 4.69) is 60.1 Å². The Hall–Kier alpha value is -0.670. The summed E-state index contributed by atoms with van der Waals surface area (Å²) >= 11 is 2.07. The molecule has 1 N–H and O–H groups in total. The number of hydrogen-bond acceptors (Lipinski definition) is 3. The van der Waals surface area contributed by atoms with E-state index in [4.69, 9.17) is 0 Å². The topological polar surface area (TPSA) is 15.3 Å². The molecule has 0 aliphatic carbocycles. The zero-order valence-electron chi connectivity index (χ0n) is 12.2. The molecular formula is C16H26N2S. The highest BCUT2D eigenvalue weighted by atomic mass is 32.2. The van der Waals surface area contributed by atoms with Gasteiger partial charge in [0.25, 0.3) is 0 Å². The van der Waals surface area contributed by atoms with Crippen LogP contribution in [0.2, 0.25) is 0 Å². The molecule has 0 aromatic heterocycles. The molecule has 106 valence electrons. The van der Waals surface area contributed by atoms with Gasteiger partial charge >= 0.3 is 0 Å². The van der Waals surface area contributed by atoms with Crippen LogP contribution in [0.25, 0.3) is 0 Å². The van der Waals surface area contributed by atoms with Gasteiger partial charge in [-0.25, -0.2) is 0 Å². The van der Waals surface area contributed by atoms with Gasteiger partial charge in [0.1, 0.15) is 0 Å². The van der Waals surface area contributed by atoms with E-state index in [1.807, 2.05) is 0 Å². The summed E-state index contributed by atoms with van der Waals surface area (Å²) in [7, 11) is 0. The molecule has 0 radical (unpaired) electrons. The van der Waals surface area contributed by atoms with E-state index in [1.54, 1.807) is 0 Å². The van der Waals surface area contributed by atoms with Crippen molar-refractivity contribution in [3.63, 3.8) is 0 Å². The van der Waals surface area contributed by atoms with Crippen LogP contribution < -0.4 is 10.2 Å². The smallest absolute Gasteiger partial charge is 0.0415 e. The third-order valence-electron chi connectivity index (χ3n) is 3.71. The predicted molar refractivity (Wildman–Crippen MR) is 87.3 cm³/mol. The van der Waals surface area contributed by atoms with E-state index >= 15 is 0 Å². The normalized spacial score (nSPS) is 17.5. The monoisotopic (exact) mass is 278 g/mol. The maximum Gasteiger partial charge on any atom is 0.0415 e. The van der Waals surface area contributed by atoms with E-state index in [9.17, 15) is 0 Å². The highest BCUT2D eigenvalue weighted by Gasteiger charge is 2.18. The number of anilines is 1. The van der Waals surface area contributed by atoms with Crippen molar-refractivity contribution in [2.24, 2.45) is 0 Å². The molecule has 0 saturated carbocycles. The van der Waals surface area contributed by atoms with Crippen LogP contribution in [0.15, 0.2) is 24.3 Å². The van der Waals surface area contributed by atoms with Crippen molar-refractivity contribution in [3.05, 3.63) is 29.8 Å². The molecule has 2 rings (SSSR count). The van der Waals surface area contributed by atoms with Crippen molar-refractivity contribution in [3.8, 4) is 0 Å². The zero-order valence-corrected chi connectivity index (χ0v) is 13.0. The fraction of sp³-hybridized carbons (Fsp3) is 0.625. The first-order chi connectivity index (χ1) is 9.36. The van der Waals surface area contributed by atoms with E-state index in [1.165, 1.54) is 42.3 Å². The largest absolute Gasteiger partial charge is 0.370 e. The highest BCUT2D eigenvalue weighted by Crippen LogP contribution is 2.29. The van der Waals surface area contributed by atoms with Gasteiger partial charge in [0, 0.05) is 36.3 Å². The Kier molecular flexibility index (Phi) is 6.05. The standard InChI is InChI=1S/C16H26N2S/c1-3-9-17-15(4-2)14-7-5-6-8-16(14)18-10-12-19-13-11-18/h5-8,15,17H,3-4,9-13H2,1-2H3. The Morgan fingerprint density at radius 2 is 1.95 bits per heavy atom. The molecule has 1 saturated heterocycles. The summed E-state index contributed by atoms with van der Waals surface area (Å²) in [6.45, 7) is 7.98. The van der Waals surface area contributed by atoms with Gasteiger partial charge in [0.2, 0.25) is 0 Å². The van der Waals surface area contributed by atoms with Gasteiger partial charge in [-0.05, 0) is 31.0 Å². The quantitative estimate of drug-likeness (QED) is 0.854. The zero-order chi connectivity index (χ0) is 13.5. The van der Waals surface area contributed by atoms with Crippen LogP contribution in [0.5, 0.6) is 0 Å². The van der Waals surface area contributed by atoms with Gasteiger partial charge in [-0.3, -0.25) is 0 Å². The SMILES string of the molecule is CCCNC(CC)c1ccccc1N1CCSCC1. The second-order valence-corrected chi connectivity index (χ2v) is 6.30. The molecule has 1 aromatic rings. The van der Waals surface area contributed by atoms with Crippen molar-refractivity contribution in [2.45, 2.75) is 32.7 Å². The molecule has 1 unspecified atom stereocenters. The summed E-state index contributed by atoms with van der Waals surface area (Å²) in [5.74, 6) is 2.51. The molecule has 1 fully saturated rings. The average Bonchev–Trinajstić information content (AvgIpc) is 2.49. The Morgan fingerprint density at radius 3 is 2.63 bits per heavy atom. The van der Waals surface area contributed by atoms with E-state index in [0.29, 0.717) is 6.04 Å². The van der Waals surface area contributed by atoms with Gasteiger partial charge in [0.15, 0.2) is 0 Å². The number of hydrogen-bond donors (Lipinski definition) is 1. The first kappa shape index (κ1) is 14.7. The lowest BCUT2D eigenvalue weighted by Crippen LogP contribution is -2.34. The van der Waals surface area contributed by atoms with E-state index in [0.717, 1.165) is 13.0 Å². The number of rotatable bonds is 6. The van der Waals surface area contributed by atoms with Crippen LogP contribution in [0, 0.1) is 0 Å². The number of para-hydroxylation sites is 1. The van der Waals surface area contributed by atoms with Crippen molar-refractivity contribution >= 4 is 17.4 Å². The van der Waals surface area contributed by atoms with Gasteiger partial charge in [-0.1, -0.05) is 32.0 Å². The lowest BCUT2D eigenvalue weighted by molar-refractivity contribution is 0.517. The third kappa shape index (κ3) is 3.90. The fourth-order valence-corrected chi connectivity index (χ4v) is 3.57. The van der Waals surface area contributed by atoms with Crippen LogP contribution in [0.4, 0.5) is 5.69 Å². The first-order valence-corrected chi connectivity index (χ1v) is 8.67. The molecule has 0 bridgehead atoms. The fourth-order valence-electron chi connectivity index (χ4n) is 2.67. The van der Waals surface area contributed by atoms with Crippen LogP contribution in [0.3, 0.4) is 0 Å². The molecule has 0 spiro atoms. The van der Waals surface area contributed by atoms with Gasteiger partial charge < -0.3 is 10.2 Å². The number of nitrogens with zero attached hydrogens (tertiary/aromatic N) is 1. The number of thioether (sulfide) groups is 1. The third-order valence-corrected chi connectivity index (χ3v) is 4.66. The minimum atomic E-state index is 0.491. The van der Waals surface area contributed by atoms with E-state index < -0.39 is 0 Å². The highest BCUT2D eigenvalue weighted by molar-refractivity contribution is 7.99. The maximum absolute atomic E-state index is 3.68. The lowest BCUT2D eigenvalue weighted by Gasteiger charge is -2.32. The summed E-state index contributed by atoms with van der Waals surface area (Å²) in [6, 6.07) is 9.43. The second kappa shape index (κ2) is 7.81. The van der Waals surface area contributed by atoms with Crippen LogP contribution in [-0.2, 0) is 0 Å². The Bertz CT molecular complexity index is 375. The van der Waals surface area contributed by atoms with Crippen LogP contribution >= 0.6 is 11.8 Å². The summed E-state index contributed by atoms with van der Waals surface area (Å²) in [4.78, 5) is 2.56. The molecule has 0 amide bonds. The van der Waals surface area contributed by atoms with Crippen molar-refractivity contribution in [2.75, 3.05) is 36.0 Å². The average molecular weight is 278 g/mol. The van der Waals surface area contributed by atoms with Crippen LogP contribution in [-0.4, -0.2) is 31.1 Å². The Morgan fingerprint density at radius 1 is 1.21 bits per heavy atom. The molecular weight excluding hydrogens is 252 g/mol. The summed E-state index contributed by atoms with van der Waals surface area (Å²) in [6.07, 6.45) is 2.35. The predicted octanol–water partition coefficient (Wildman–Crippen LogP) is 3.69. The first-order valence-electron chi connectivity index (χ1n) is 7.51. The molecule has 19 heavy (non-hydrogen) atoms. The van der Waals surface area contributed by atoms with Gasteiger partial charge in [-0.15, -0.1) is 0 Å². The second-order valence-electron chi connectivity index (χ2n) is 5.07. The van der Waals surface area contributed by atoms with Crippen LogP contribution in [0.1, 0.15) is 38.3 Å². The van der Waals surface area contributed by atoms with E-state index in [-0.39, 0.29) is 0 Å². The summed E-state index contributed by atoms with van der Waals surface area (Å²) < 4.78 is 0. The van der Waals surface area contributed by atoms with Gasteiger partial charge in [-0.2, -0.15) is 11.8 Å². The molecule has 3 heteroatoms. The Labute approximate surface area is 122 Å². The molecule has 2 nitrogen and oxygen atoms in total. The molecule has 1 aromatic carbocycles. The van der Waals surface area contributed by atoms with Crippen molar-refractivity contribution in [1.29, 1.82) is 0 Å². The minimum absolute atomic E-state index is 0.491. The molecule has 1 heterocycles. The van der Waals surface area contributed by atoms with Crippen molar-refractivity contribution in [1.82, 2.24) is 5.32 Å². The number of benzene rings is 1. The maximum atomic E-state index is 3.68. The van der Waals surface area contributed by atoms with Crippen molar-refractivity contribution < 1.29 is 0 Å². The molecule has 1 atom stereocenters. The van der Waals surface area contributed by atoms with Gasteiger partial charge in [0.05, 0.1) is 0 Å². The summed E-state index contributed by atoms with van der Waals surface area (Å²) in [5.41, 5.74) is 2.92. The summed E-state index contributed by atoms with van der Waals surface area (Å²) in [5, 5.41) is 3.68. The molecule has 1 aliphatic heterocycles. The Balaban J connectivity index is 2.18. The molecule has 1 aliphatic rings.